The minimum Gasteiger partial charge on any atom is -0.258 e. The molecule has 0 aliphatic carbocycles. The predicted molar refractivity (Wildman–Crippen MR) is 45.3 cm³/mol. The first-order valence-electron chi connectivity index (χ1n) is 3.39. The molecule has 1 aromatic rings. The Morgan fingerprint density at radius 1 is 1.58 bits per heavy atom. The van der Waals surface area contributed by atoms with Crippen LogP contribution in [-0.4, -0.2) is 15.8 Å². The van der Waals surface area contributed by atoms with Crippen LogP contribution in [0.2, 0.25) is 0 Å². The van der Waals surface area contributed by atoms with Crippen LogP contribution in [0.1, 0.15) is 5.69 Å². The van der Waals surface area contributed by atoms with E-state index in [0.29, 0.717) is 12.3 Å². The van der Waals surface area contributed by atoms with E-state index in [1.807, 2.05) is 0 Å². The predicted octanol–water partition coefficient (Wildman–Crippen LogP) is 1.77. The maximum absolute atomic E-state index is 10.2. The molecule has 0 radical (unpaired) electrons. The number of nitro groups is 1. The van der Waals surface area contributed by atoms with Gasteiger partial charge in [0.05, 0.1) is 4.92 Å². The number of aromatic nitrogens is 1. The number of halogens is 1. The van der Waals surface area contributed by atoms with E-state index in [0.717, 1.165) is 5.69 Å². The van der Waals surface area contributed by atoms with Crippen LogP contribution in [0.25, 0.3) is 0 Å². The van der Waals surface area contributed by atoms with E-state index >= 15 is 0 Å². The Bertz CT molecular complexity index is 273. The standard InChI is InChI=1S/C7H7ClN2O2/c8-4-3-6-1-2-7(5-9-6)10(11)12/h1-2,5H,3-4H2. The molecule has 64 valence electrons. The smallest absolute Gasteiger partial charge is 0.258 e. The number of aryl methyl sites for hydroxylation is 1. The topological polar surface area (TPSA) is 56.0 Å². The molecule has 0 N–H and O–H groups in total. The molecule has 0 aromatic carbocycles. The molecule has 1 aromatic heterocycles. The number of hydrogen-bond acceptors (Lipinski definition) is 3. The van der Waals surface area contributed by atoms with Crippen molar-refractivity contribution in [2.45, 2.75) is 6.42 Å². The van der Waals surface area contributed by atoms with Gasteiger partial charge in [0.15, 0.2) is 0 Å². The van der Waals surface area contributed by atoms with Gasteiger partial charge in [0.1, 0.15) is 6.20 Å². The van der Waals surface area contributed by atoms with Gasteiger partial charge in [-0.3, -0.25) is 15.1 Å². The average molecular weight is 187 g/mol. The average Bonchev–Trinajstić information content (AvgIpc) is 2.06. The van der Waals surface area contributed by atoms with Gasteiger partial charge in [-0.1, -0.05) is 0 Å². The van der Waals surface area contributed by atoms with Crippen LogP contribution in [0.5, 0.6) is 0 Å². The molecule has 0 bridgehead atoms. The summed E-state index contributed by atoms with van der Waals surface area (Å²) in [6.07, 6.45) is 1.88. The SMILES string of the molecule is O=[N+]([O-])c1ccc(CCCl)nc1. The van der Waals surface area contributed by atoms with Gasteiger partial charge in [0.2, 0.25) is 0 Å². The lowest BCUT2D eigenvalue weighted by Gasteiger charge is -1.94. The van der Waals surface area contributed by atoms with E-state index in [4.69, 9.17) is 11.6 Å². The molecule has 5 heteroatoms. The molecule has 0 atom stereocenters. The molecule has 0 aliphatic rings. The highest BCUT2D eigenvalue weighted by atomic mass is 35.5. The van der Waals surface area contributed by atoms with Gasteiger partial charge < -0.3 is 0 Å². The van der Waals surface area contributed by atoms with Crippen LogP contribution in [0.3, 0.4) is 0 Å². The number of alkyl halides is 1. The van der Waals surface area contributed by atoms with Crippen molar-refractivity contribution in [3.63, 3.8) is 0 Å². The maximum atomic E-state index is 10.2. The monoisotopic (exact) mass is 186 g/mol. The number of hydrogen-bond donors (Lipinski definition) is 0. The summed E-state index contributed by atoms with van der Waals surface area (Å²) in [5, 5.41) is 10.2. The van der Waals surface area contributed by atoms with Gasteiger partial charge >= 0.3 is 0 Å². The van der Waals surface area contributed by atoms with Gasteiger partial charge in [-0.15, -0.1) is 11.6 Å². The molecule has 0 unspecified atom stereocenters. The van der Waals surface area contributed by atoms with Crippen molar-refractivity contribution in [3.8, 4) is 0 Å². The first-order valence-corrected chi connectivity index (χ1v) is 3.93. The van der Waals surface area contributed by atoms with Gasteiger partial charge in [0, 0.05) is 24.1 Å². The van der Waals surface area contributed by atoms with Crippen LogP contribution >= 0.6 is 11.6 Å². The Labute approximate surface area is 74.3 Å². The molecule has 0 saturated heterocycles. The third-order valence-electron chi connectivity index (χ3n) is 1.37. The molecular formula is C7H7ClN2O2. The van der Waals surface area contributed by atoms with Gasteiger partial charge in [-0.25, -0.2) is 0 Å². The summed E-state index contributed by atoms with van der Waals surface area (Å²) in [6, 6.07) is 3.04. The van der Waals surface area contributed by atoms with E-state index in [-0.39, 0.29) is 5.69 Å². The first kappa shape index (κ1) is 8.93. The molecule has 0 aliphatic heterocycles. The highest BCUT2D eigenvalue weighted by Crippen LogP contribution is 2.09. The Kier molecular flexibility index (Phi) is 2.99. The van der Waals surface area contributed by atoms with Crippen LogP contribution < -0.4 is 0 Å². The summed E-state index contributed by atoms with van der Waals surface area (Å²) >= 11 is 5.46. The molecule has 0 saturated carbocycles. The zero-order valence-electron chi connectivity index (χ0n) is 6.24. The van der Waals surface area contributed by atoms with Gasteiger partial charge in [-0.05, 0) is 6.07 Å². The first-order chi connectivity index (χ1) is 5.74. The molecule has 0 fully saturated rings. The van der Waals surface area contributed by atoms with E-state index in [1.54, 1.807) is 6.07 Å². The van der Waals surface area contributed by atoms with E-state index in [9.17, 15) is 10.1 Å². The molecule has 4 nitrogen and oxygen atoms in total. The van der Waals surface area contributed by atoms with Crippen LogP contribution in [-0.2, 0) is 6.42 Å². The van der Waals surface area contributed by atoms with E-state index in [1.165, 1.54) is 12.3 Å². The van der Waals surface area contributed by atoms with E-state index < -0.39 is 4.92 Å². The summed E-state index contributed by atoms with van der Waals surface area (Å²) in [5.41, 5.74) is 0.781. The molecule has 0 amide bonds. The molecular weight excluding hydrogens is 180 g/mol. The van der Waals surface area contributed by atoms with Crippen molar-refractivity contribution in [1.82, 2.24) is 4.98 Å². The maximum Gasteiger partial charge on any atom is 0.287 e. The minimum atomic E-state index is -0.475. The van der Waals surface area contributed by atoms with Crippen molar-refractivity contribution in [3.05, 3.63) is 34.1 Å². The van der Waals surface area contributed by atoms with Crippen molar-refractivity contribution in [2.24, 2.45) is 0 Å². The third-order valence-corrected chi connectivity index (χ3v) is 1.56. The highest BCUT2D eigenvalue weighted by Gasteiger charge is 2.04. The summed E-state index contributed by atoms with van der Waals surface area (Å²) in [4.78, 5) is 13.6. The Balaban J connectivity index is 2.78. The largest absolute Gasteiger partial charge is 0.287 e. The zero-order valence-corrected chi connectivity index (χ0v) is 6.99. The minimum absolute atomic E-state index is 0.00771. The Hall–Kier alpha value is -1.16. The fourth-order valence-electron chi connectivity index (χ4n) is 0.769. The Morgan fingerprint density at radius 3 is 2.75 bits per heavy atom. The summed E-state index contributed by atoms with van der Waals surface area (Å²) in [7, 11) is 0. The van der Waals surface area contributed by atoms with Gasteiger partial charge in [-0.2, -0.15) is 0 Å². The highest BCUT2D eigenvalue weighted by molar-refractivity contribution is 6.17. The second-order valence-corrected chi connectivity index (χ2v) is 2.58. The Morgan fingerprint density at radius 2 is 2.33 bits per heavy atom. The van der Waals surface area contributed by atoms with Crippen LogP contribution in [0.4, 0.5) is 5.69 Å². The summed E-state index contributed by atoms with van der Waals surface area (Å²) < 4.78 is 0. The van der Waals surface area contributed by atoms with Gasteiger partial charge in [0.25, 0.3) is 5.69 Å². The summed E-state index contributed by atoms with van der Waals surface area (Å²) in [5.74, 6) is 0.477. The second-order valence-electron chi connectivity index (χ2n) is 2.20. The third kappa shape index (κ3) is 2.17. The van der Waals surface area contributed by atoms with Crippen LogP contribution in [0.15, 0.2) is 18.3 Å². The van der Waals surface area contributed by atoms with E-state index in [2.05, 4.69) is 4.98 Å². The summed E-state index contributed by atoms with van der Waals surface area (Å²) in [6.45, 7) is 0. The molecule has 1 heterocycles. The fraction of sp³-hybridized carbons (Fsp3) is 0.286. The fourth-order valence-corrected chi connectivity index (χ4v) is 0.963. The lowest BCUT2D eigenvalue weighted by Crippen LogP contribution is -1.93. The quantitative estimate of drug-likeness (QED) is 0.411. The lowest BCUT2D eigenvalue weighted by atomic mass is 10.3. The molecule has 12 heavy (non-hydrogen) atoms. The molecule has 0 spiro atoms. The van der Waals surface area contributed by atoms with Crippen molar-refractivity contribution in [2.75, 3.05) is 5.88 Å². The van der Waals surface area contributed by atoms with Crippen molar-refractivity contribution >= 4 is 17.3 Å². The molecule has 1 rings (SSSR count). The van der Waals surface area contributed by atoms with Crippen molar-refractivity contribution in [1.29, 1.82) is 0 Å². The number of pyridine rings is 1. The van der Waals surface area contributed by atoms with Crippen LogP contribution in [0, 0.1) is 10.1 Å². The zero-order chi connectivity index (χ0) is 8.97. The lowest BCUT2D eigenvalue weighted by molar-refractivity contribution is -0.385. The second kappa shape index (κ2) is 4.01. The number of nitrogens with zero attached hydrogens (tertiary/aromatic N) is 2. The number of rotatable bonds is 3. The normalized spacial score (nSPS) is 9.75. The van der Waals surface area contributed by atoms with Crippen molar-refractivity contribution < 1.29 is 4.92 Å².